The predicted octanol–water partition coefficient (Wildman–Crippen LogP) is 4.69. The summed E-state index contributed by atoms with van der Waals surface area (Å²) in [7, 11) is 0. The number of nitrogens with two attached hydrogens (primary N) is 1. The van der Waals surface area contributed by atoms with E-state index in [1.165, 1.54) is 0 Å². The van der Waals surface area contributed by atoms with Gasteiger partial charge in [-0.1, -0.05) is 30.7 Å². The maximum absolute atomic E-state index is 8.70. The van der Waals surface area contributed by atoms with Crippen molar-refractivity contribution in [3.63, 3.8) is 0 Å². The first kappa shape index (κ1) is 20.2. The van der Waals surface area contributed by atoms with Crippen LogP contribution in [0.15, 0.2) is 60.8 Å². The van der Waals surface area contributed by atoms with Crippen LogP contribution in [0.5, 0.6) is 0 Å². The largest absolute Gasteiger partial charge is 0.372 e. The molecule has 30 heavy (non-hydrogen) atoms. The number of nitrogens with one attached hydrogen (secondary N) is 3. The molecule has 5 N–H and O–H groups in total. The van der Waals surface area contributed by atoms with Gasteiger partial charge in [0.25, 0.3) is 0 Å². The van der Waals surface area contributed by atoms with Crippen molar-refractivity contribution in [2.24, 2.45) is 11.7 Å². The summed E-state index contributed by atoms with van der Waals surface area (Å²) in [6.45, 7) is 4.36. The summed E-state index contributed by atoms with van der Waals surface area (Å²) in [6, 6.07) is 13.8. The van der Waals surface area contributed by atoms with E-state index in [0.717, 1.165) is 28.2 Å². The zero-order valence-corrected chi connectivity index (χ0v) is 17.7. The summed E-state index contributed by atoms with van der Waals surface area (Å²) in [5.41, 5.74) is 10.7. The molecule has 154 valence electrons. The Hall–Kier alpha value is -3.09. The van der Waals surface area contributed by atoms with Crippen LogP contribution in [-0.4, -0.2) is 24.4 Å². The molecule has 0 saturated heterocycles. The Morgan fingerprint density at radius 1 is 1.17 bits per heavy atom. The highest BCUT2D eigenvalue weighted by atomic mass is 35.5. The third-order valence-electron chi connectivity index (χ3n) is 5.39. The van der Waals surface area contributed by atoms with Crippen LogP contribution < -0.4 is 20.9 Å². The number of fused-ring (bicyclic) bond motifs is 1. The van der Waals surface area contributed by atoms with Gasteiger partial charge in [-0.05, 0) is 60.5 Å². The zero-order chi connectivity index (χ0) is 21.4. The highest BCUT2D eigenvalue weighted by molar-refractivity contribution is 6.30. The highest BCUT2D eigenvalue weighted by Gasteiger charge is 2.31. The number of hydrogen-bond acceptors (Lipinski definition) is 5. The molecule has 2 heterocycles. The van der Waals surface area contributed by atoms with Gasteiger partial charge in [0.1, 0.15) is 11.7 Å². The van der Waals surface area contributed by atoms with E-state index < -0.39 is 0 Å². The topological polar surface area (TPSA) is 92.2 Å². The molecule has 2 aromatic rings. The molecule has 4 rings (SSSR count). The van der Waals surface area contributed by atoms with Gasteiger partial charge in [-0.25, -0.2) is 0 Å². The second kappa shape index (κ2) is 7.97. The maximum Gasteiger partial charge on any atom is 0.111 e. The minimum absolute atomic E-state index is 0.0646. The fourth-order valence-corrected chi connectivity index (χ4v) is 3.95. The number of allylic oxidation sites excluding steroid dienone is 2. The molecule has 2 aromatic carbocycles. The van der Waals surface area contributed by atoms with Crippen molar-refractivity contribution in [3.8, 4) is 0 Å². The molecule has 0 saturated carbocycles. The Morgan fingerprint density at radius 2 is 1.90 bits per heavy atom. The van der Waals surface area contributed by atoms with Crippen molar-refractivity contribution in [2.45, 2.75) is 20.0 Å². The lowest BCUT2D eigenvalue weighted by atomic mass is 10.0. The fraction of sp³-hybridized carbons (Fsp3) is 0.217. The molecule has 7 heteroatoms. The molecule has 2 atom stereocenters. The first-order valence-electron chi connectivity index (χ1n) is 9.86. The van der Waals surface area contributed by atoms with Gasteiger partial charge in [0, 0.05) is 29.4 Å². The Kier molecular flexibility index (Phi) is 5.37. The Bertz CT molecular complexity index is 1060. The third kappa shape index (κ3) is 3.72. The number of hydrogen-bond donors (Lipinski definition) is 4. The molecule has 2 unspecified atom stereocenters. The lowest BCUT2D eigenvalue weighted by molar-refractivity contribution is 0.730. The van der Waals surface area contributed by atoms with E-state index in [2.05, 4.69) is 16.3 Å². The van der Waals surface area contributed by atoms with Crippen LogP contribution in [0.1, 0.15) is 19.4 Å². The van der Waals surface area contributed by atoms with Crippen LogP contribution in [0.25, 0.3) is 5.57 Å². The second-order valence-electron chi connectivity index (χ2n) is 7.65. The van der Waals surface area contributed by atoms with E-state index in [1.807, 2.05) is 61.7 Å². The van der Waals surface area contributed by atoms with Crippen LogP contribution >= 0.6 is 11.6 Å². The van der Waals surface area contributed by atoms with Gasteiger partial charge >= 0.3 is 0 Å². The number of benzene rings is 2. The van der Waals surface area contributed by atoms with Crippen LogP contribution in [-0.2, 0) is 0 Å². The van der Waals surface area contributed by atoms with Crippen molar-refractivity contribution in [3.05, 3.63) is 71.4 Å². The van der Waals surface area contributed by atoms with Crippen LogP contribution in [0.4, 0.5) is 17.1 Å². The summed E-state index contributed by atoms with van der Waals surface area (Å²) in [5, 5.41) is 20.8. The van der Waals surface area contributed by atoms with Crippen molar-refractivity contribution >= 4 is 45.9 Å². The predicted molar refractivity (Wildman–Crippen MR) is 126 cm³/mol. The first-order chi connectivity index (χ1) is 14.3. The Balaban J connectivity index is 1.89. The lowest BCUT2D eigenvalue weighted by Crippen LogP contribution is -2.38. The first-order valence-corrected chi connectivity index (χ1v) is 10.2. The quantitative estimate of drug-likeness (QED) is 0.418. The zero-order valence-electron chi connectivity index (χ0n) is 17.0. The van der Waals surface area contributed by atoms with Gasteiger partial charge in [-0.3, -0.25) is 15.7 Å². The Morgan fingerprint density at radius 3 is 2.53 bits per heavy atom. The van der Waals surface area contributed by atoms with Gasteiger partial charge in [-0.15, -0.1) is 0 Å². The summed E-state index contributed by atoms with van der Waals surface area (Å²) in [4.78, 5) is 3.92. The fourth-order valence-electron chi connectivity index (χ4n) is 3.82. The van der Waals surface area contributed by atoms with Crippen molar-refractivity contribution < 1.29 is 0 Å². The minimum Gasteiger partial charge on any atom is -0.372 e. The third-order valence-corrected chi connectivity index (χ3v) is 5.64. The molecule has 0 radical (unpaired) electrons. The second-order valence-corrected chi connectivity index (χ2v) is 8.09. The van der Waals surface area contributed by atoms with Gasteiger partial charge in [0.2, 0.25) is 0 Å². The van der Waals surface area contributed by atoms with Gasteiger partial charge in [0.15, 0.2) is 0 Å². The molecule has 0 aromatic heterocycles. The molecule has 2 aliphatic rings. The molecule has 0 fully saturated rings. The molecule has 2 aliphatic heterocycles. The lowest BCUT2D eigenvalue weighted by Gasteiger charge is -2.28. The molecule has 0 aliphatic carbocycles. The summed E-state index contributed by atoms with van der Waals surface area (Å²) in [5.74, 6) is 0.672. The summed E-state index contributed by atoms with van der Waals surface area (Å²) in [6.07, 6.45) is 5.66. The van der Waals surface area contributed by atoms with E-state index in [0.29, 0.717) is 23.2 Å². The van der Waals surface area contributed by atoms with E-state index >= 15 is 0 Å². The van der Waals surface area contributed by atoms with Gasteiger partial charge in [0.05, 0.1) is 17.5 Å². The normalized spacial score (nSPS) is 20.9. The van der Waals surface area contributed by atoms with E-state index in [-0.39, 0.29) is 12.1 Å². The van der Waals surface area contributed by atoms with Crippen LogP contribution in [0, 0.1) is 16.7 Å². The molecular formula is C23H25ClN6. The monoisotopic (exact) mass is 420 g/mol. The number of anilines is 3. The molecular weight excluding hydrogens is 396 g/mol. The van der Waals surface area contributed by atoms with E-state index in [4.69, 9.17) is 28.2 Å². The van der Waals surface area contributed by atoms with Crippen LogP contribution in [0.3, 0.4) is 0 Å². The number of halogens is 1. The maximum atomic E-state index is 8.70. The molecule has 6 nitrogen and oxygen atoms in total. The van der Waals surface area contributed by atoms with Crippen molar-refractivity contribution in [2.75, 3.05) is 16.3 Å². The Labute approximate surface area is 181 Å². The minimum atomic E-state index is -0.183. The molecule has 0 amide bonds. The van der Waals surface area contributed by atoms with E-state index in [9.17, 15) is 0 Å². The average Bonchev–Trinajstić information content (AvgIpc) is 2.83. The average molecular weight is 421 g/mol. The molecule has 0 spiro atoms. The summed E-state index contributed by atoms with van der Waals surface area (Å²) >= 11 is 6.12. The number of nitrogens with zero attached hydrogens (tertiary/aromatic N) is 2. The molecule has 0 bridgehead atoms. The van der Waals surface area contributed by atoms with Crippen LogP contribution in [0.2, 0.25) is 5.02 Å². The number of rotatable bonds is 2. The smallest absolute Gasteiger partial charge is 0.111 e. The number of dihydropyridines is 1. The highest BCUT2D eigenvalue weighted by Crippen LogP contribution is 2.41. The standard InChI is InChI=1S/C23H25ClN6/c1-14-13-29(19-7-5-18(24)6-8-19)21-11-16(17-4-10-22(26)28-12-17)3-9-20(21)30(15(2)25)23(14)27/h3-12,14,22,25,27-28H,13,26H2,1-2H3. The van der Waals surface area contributed by atoms with Crippen molar-refractivity contribution in [1.29, 1.82) is 10.8 Å². The van der Waals surface area contributed by atoms with Gasteiger partial charge < -0.3 is 16.0 Å². The van der Waals surface area contributed by atoms with Crippen molar-refractivity contribution in [1.82, 2.24) is 5.32 Å². The van der Waals surface area contributed by atoms with Gasteiger partial charge in [-0.2, -0.15) is 0 Å². The van der Waals surface area contributed by atoms with E-state index in [1.54, 1.807) is 11.8 Å². The number of amidine groups is 2. The summed E-state index contributed by atoms with van der Waals surface area (Å²) < 4.78 is 0. The SMILES string of the molecule is CC(=N)N1C(=N)C(C)CN(c2ccc(Cl)cc2)c2cc(C3=CNC(N)C=C3)ccc21.